The van der Waals surface area contributed by atoms with Gasteiger partial charge >= 0.3 is 0 Å². The lowest BCUT2D eigenvalue weighted by Gasteiger charge is -2.12. The number of methoxy groups -OCH3 is 2. The number of halogens is 1. The molecule has 1 N–H and O–H groups in total. The highest BCUT2D eigenvalue weighted by atomic mass is 35.5. The second-order valence-electron chi connectivity index (χ2n) is 7.11. The van der Waals surface area contributed by atoms with Gasteiger partial charge in [-0.1, -0.05) is 23.7 Å². The normalized spacial score (nSPS) is 10.8. The minimum atomic E-state index is -0.327. The van der Waals surface area contributed by atoms with Gasteiger partial charge in [-0.05, 0) is 78.2 Å². The summed E-state index contributed by atoms with van der Waals surface area (Å²) in [5, 5.41) is 12.9. The van der Waals surface area contributed by atoms with Crippen molar-refractivity contribution < 1.29 is 19.0 Å². The number of hydrogen-bond acceptors (Lipinski definition) is 5. The predicted octanol–water partition coefficient (Wildman–Crippen LogP) is 5.75. The van der Waals surface area contributed by atoms with Gasteiger partial charge in [-0.25, -0.2) is 0 Å². The first-order valence-electron chi connectivity index (χ1n) is 10.1. The molecule has 0 spiro atoms. The minimum absolute atomic E-state index is 0.202. The zero-order chi connectivity index (χ0) is 23.8. The van der Waals surface area contributed by atoms with Crippen LogP contribution in [-0.2, 0) is 4.79 Å². The molecule has 0 aromatic heterocycles. The van der Waals surface area contributed by atoms with Crippen LogP contribution in [0, 0.1) is 18.3 Å². The topological polar surface area (TPSA) is 80.6 Å². The van der Waals surface area contributed by atoms with E-state index in [2.05, 4.69) is 11.4 Å². The van der Waals surface area contributed by atoms with E-state index in [1.165, 1.54) is 7.11 Å². The number of nitriles is 1. The van der Waals surface area contributed by atoms with Crippen molar-refractivity contribution in [1.29, 1.82) is 5.26 Å². The number of nitrogens with one attached hydrogen (secondary N) is 1. The number of benzene rings is 3. The van der Waals surface area contributed by atoms with Crippen LogP contribution in [0.25, 0.3) is 11.6 Å². The van der Waals surface area contributed by atoms with E-state index in [4.69, 9.17) is 25.8 Å². The molecule has 0 heterocycles. The summed E-state index contributed by atoms with van der Waals surface area (Å²) in [6.07, 6.45) is 1.75. The summed E-state index contributed by atoms with van der Waals surface area (Å²) in [6.45, 7) is 1.69. The second kappa shape index (κ2) is 11.1. The Labute approximate surface area is 198 Å². The highest BCUT2D eigenvalue weighted by molar-refractivity contribution is 6.31. The lowest BCUT2D eigenvalue weighted by Crippen LogP contribution is -2.20. The Balaban J connectivity index is 1.70. The van der Waals surface area contributed by atoms with Crippen LogP contribution in [0.15, 0.2) is 60.7 Å². The molecule has 0 aliphatic carbocycles. The Morgan fingerprint density at radius 3 is 2.42 bits per heavy atom. The van der Waals surface area contributed by atoms with Gasteiger partial charge in [0, 0.05) is 10.7 Å². The van der Waals surface area contributed by atoms with E-state index in [-0.39, 0.29) is 12.5 Å². The lowest BCUT2D eigenvalue weighted by molar-refractivity contribution is -0.118. The fraction of sp³-hybridized carbons (Fsp3) is 0.154. The van der Waals surface area contributed by atoms with Crippen LogP contribution in [0.5, 0.6) is 17.2 Å². The maximum absolute atomic E-state index is 12.3. The molecular weight excluding hydrogens is 440 g/mol. The van der Waals surface area contributed by atoms with Crippen molar-refractivity contribution in [2.45, 2.75) is 6.92 Å². The van der Waals surface area contributed by atoms with E-state index in [1.807, 2.05) is 25.1 Å². The molecule has 3 aromatic carbocycles. The minimum Gasteiger partial charge on any atom is -0.497 e. The zero-order valence-electron chi connectivity index (χ0n) is 18.5. The van der Waals surface area contributed by atoms with Crippen molar-refractivity contribution in [3.05, 3.63) is 82.4 Å². The van der Waals surface area contributed by atoms with Gasteiger partial charge in [0.1, 0.15) is 5.75 Å². The molecule has 3 aromatic rings. The van der Waals surface area contributed by atoms with Crippen molar-refractivity contribution in [3.63, 3.8) is 0 Å². The van der Waals surface area contributed by atoms with E-state index in [9.17, 15) is 10.1 Å². The summed E-state index contributed by atoms with van der Waals surface area (Å²) in [4.78, 5) is 12.3. The van der Waals surface area contributed by atoms with Crippen LogP contribution >= 0.6 is 11.6 Å². The maximum atomic E-state index is 12.3. The summed E-state index contributed by atoms with van der Waals surface area (Å²) in [5.41, 5.74) is 3.53. The Hall–Kier alpha value is -3.95. The molecule has 1 amide bonds. The van der Waals surface area contributed by atoms with Crippen LogP contribution in [0.3, 0.4) is 0 Å². The van der Waals surface area contributed by atoms with Gasteiger partial charge in [-0.2, -0.15) is 5.26 Å². The molecular formula is C26H23ClN2O4. The van der Waals surface area contributed by atoms with Gasteiger partial charge < -0.3 is 19.5 Å². The van der Waals surface area contributed by atoms with Crippen LogP contribution < -0.4 is 19.5 Å². The number of ether oxygens (including phenoxy) is 3. The average molecular weight is 463 g/mol. The Kier molecular flexibility index (Phi) is 7.96. The fourth-order valence-corrected chi connectivity index (χ4v) is 3.20. The van der Waals surface area contributed by atoms with E-state index in [0.29, 0.717) is 33.5 Å². The van der Waals surface area contributed by atoms with Crippen LogP contribution in [0.1, 0.15) is 16.7 Å². The third-order valence-electron chi connectivity index (χ3n) is 4.83. The van der Waals surface area contributed by atoms with E-state index >= 15 is 0 Å². The van der Waals surface area contributed by atoms with Crippen LogP contribution in [0.2, 0.25) is 5.02 Å². The summed E-state index contributed by atoms with van der Waals surface area (Å²) in [5.74, 6) is 1.25. The van der Waals surface area contributed by atoms with Crippen molar-refractivity contribution in [2.24, 2.45) is 0 Å². The molecule has 33 heavy (non-hydrogen) atoms. The molecule has 0 atom stereocenters. The monoisotopic (exact) mass is 462 g/mol. The molecule has 3 rings (SSSR count). The largest absolute Gasteiger partial charge is 0.497 e. The van der Waals surface area contributed by atoms with Gasteiger partial charge in [0.2, 0.25) is 0 Å². The number of rotatable bonds is 8. The van der Waals surface area contributed by atoms with Gasteiger partial charge in [0.05, 0.1) is 25.9 Å². The number of carbonyl (C=O) groups is 1. The Morgan fingerprint density at radius 1 is 1.03 bits per heavy atom. The first-order chi connectivity index (χ1) is 15.9. The molecule has 0 radical (unpaired) electrons. The summed E-state index contributed by atoms with van der Waals surface area (Å²) >= 11 is 6.09. The summed E-state index contributed by atoms with van der Waals surface area (Å²) in [7, 11) is 3.10. The molecule has 6 nitrogen and oxygen atoms in total. The summed E-state index contributed by atoms with van der Waals surface area (Å²) < 4.78 is 16.2. The van der Waals surface area contributed by atoms with Gasteiger partial charge in [-0.3, -0.25) is 4.79 Å². The number of carbonyl (C=O) groups excluding carboxylic acids is 1. The van der Waals surface area contributed by atoms with Crippen molar-refractivity contribution >= 4 is 34.8 Å². The van der Waals surface area contributed by atoms with Gasteiger partial charge in [-0.15, -0.1) is 0 Å². The number of anilines is 1. The van der Waals surface area contributed by atoms with E-state index < -0.39 is 0 Å². The van der Waals surface area contributed by atoms with Gasteiger partial charge in [0.25, 0.3) is 5.91 Å². The number of aryl methyl sites for hydroxylation is 1. The molecule has 7 heteroatoms. The number of allylic oxidation sites excluding steroid dienone is 1. The SMILES string of the molecule is COc1ccc(/C(C#N)=C/c2ccc(OCC(=O)Nc3ccc(C)c(Cl)c3)c(OC)c2)cc1. The second-order valence-corrected chi connectivity index (χ2v) is 7.52. The smallest absolute Gasteiger partial charge is 0.262 e. The van der Waals surface area contributed by atoms with Crippen molar-refractivity contribution in [3.8, 4) is 23.3 Å². The highest BCUT2D eigenvalue weighted by Gasteiger charge is 2.10. The lowest BCUT2D eigenvalue weighted by atomic mass is 10.0. The highest BCUT2D eigenvalue weighted by Crippen LogP contribution is 2.30. The van der Waals surface area contributed by atoms with E-state index in [0.717, 1.165) is 16.7 Å². The number of amides is 1. The summed E-state index contributed by atoms with van der Waals surface area (Å²) in [6, 6.07) is 20.0. The molecule has 0 bridgehead atoms. The average Bonchev–Trinajstić information content (AvgIpc) is 2.84. The molecule has 0 aliphatic rings. The maximum Gasteiger partial charge on any atom is 0.262 e. The zero-order valence-corrected chi connectivity index (χ0v) is 19.3. The predicted molar refractivity (Wildman–Crippen MR) is 130 cm³/mol. The third kappa shape index (κ3) is 6.28. The van der Waals surface area contributed by atoms with Crippen LogP contribution in [0.4, 0.5) is 5.69 Å². The standard InChI is InChI=1S/C26H23ClN2O4/c1-17-4-8-21(14-23(17)27)29-26(30)16-33-24-11-5-18(13-25(24)32-3)12-20(15-28)19-6-9-22(31-2)10-7-19/h4-14H,16H2,1-3H3,(H,29,30)/b20-12+. The molecule has 168 valence electrons. The molecule has 0 saturated carbocycles. The molecule has 0 unspecified atom stereocenters. The van der Waals surface area contributed by atoms with Crippen molar-refractivity contribution in [2.75, 3.05) is 26.1 Å². The Morgan fingerprint density at radius 2 is 1.79 bits per heavy atom. The number of hydrogen-bond donors (Lipinski definition) is 1. The Bertz CT molecular complexity index is 1210. The molecule has 0 fully saturated rings. The van der Waals surface area contributed by atoms with Crippen molar-refractivity contribution in [1.82, 2.24) is 0 Å². The molecule has 0 aliphatic heterocycles. The first-order valence-corrected chi connectivity index (χ1v) is 10.4. The van der Waals surface area contributed by atoms with Gasteiger partial charge in [0.15, 0.2) is 18.1 Å². The first kappa shape index (κ1) is 23.7. The fourth-order valence-electron chi connectivity index (χ4n) is 3.02. The van der Waals surface area contributed by atoms with Crippen LogP contribution in [-0.4, -0.2) is 26.7 Å². The quantitative estimate of drug-likeness (QED) is 0.340. The molecule has 0 saturated heterocycles. The van der Waals surface area contributed by atoms with E-state index in [1.54, 1.807) is 55.7 Å². The third-order valence-corrected chi connectivity index (χ3v) is 5.24. The number of nitrogens with zero attached hydrogens (tertiary/aromatic N) is 1.